The molecule has 9 N–H and O–H groups in total. The molecular formula is C84H79Cl4FN12O15S2. The van der Waals surface area contributed by atoms with Crippen LogP contribution in [0.3, 0.4) is 0 Å². The highest BCUT2D eigenvalue weighted by Crippen LogP contribution is 2.37. The summed E-state index contributed by atoms with van der Waals surface area (Å²) in [4.78, 5) is 136. The molecule has 0 aliphatic carbocycles. The van der Waals surface area contributed by atoms with Crippen molar-refractivity contribution in [2.45, 2.75) is 82.2 Å². The van der Waals surface area contributed by atoms with Crippen molar-refractivity contribution in [3.05, 3.63) is 271 Å². The third-order valence-electron chi connectivity index (χ3n) is 19.3. The van der Waals surface area contributed by atoms with Crippen LogP contribution in [0.1, 0.15) is 104 Å². The van der Waals surface area contributed by atoms with Gasteiger partial charge in [0.2, 0.25) is 17.8 Å². The van der Waals surface area contributed by atoms with Crippen LogP contribution in [0.25, 0.3) is 22.9 Å². The fourth-order valence-corrected chi connectivity index (χ4v) is 16.0. The minimum Gasteiger partial charge on any atom is -0.507 e. The number of hydrogen-bond donors (Lipinski definition) is 9. The monoisotopic (exact) mass is 1720 g/mol. The fourth-order valence-electron chi connectivity index (χ4n) is 13.0. The van der Waals surface area contributed by atoms with Crippen LogP contribution in [0.5, 0.6) is 5.75 Å². The van der Waals surface area contributed by atoms with Gasteiger partial charge in [0.15, 0.2) is 6.19 Å². The number of benzene rings is 7. The zero-order valence-electron chi connectivity index (χ0n) is 63.6. The van der Waals surface area contributed by atoms with Gasteiger partial charge < -0.3 is 56.4 Å². The van der Waals surface area contributed by atoms with Crippen LogP contribution in [0.4, 0.5) is 4.39 Å². The van der Waals surface area contributed by atoms with E-state index in [0.717, 1.165) is 12.0 Å². The highest BCUT2D eigenvalue weighted by atomic mass is 35.5. The molecule has 7 aromatic carbocycles. The third-order valence-corrected chi connectivity index (χ3v) is 22.9. The quantitative estimate of drug-likeness (QED) is 0.00717. The molecule has 0 saturated carbocycles. The SMILES string of the molecule is C=S(C)(=O)c1cccc(C[C@H](NC(=O)c2c(Cl)cc3c(c2Cl)CCN(C(=O)/C=C/c2ccccc2F)C3)C(=O)O)c1.C[C@H]1CCN(C(=NC[C@H](NC(=O)c2c(Cl)cc3c(c2Cl)CCN(C(=O)/C=C/c2ccccc2O)C3)C(=O)O)NC#N)C1.Cc1cc2c(=O)n(Cc3ccccc3)ncc2cc1C(=O)N[C@@H](CNC(=O)c1cccs1)C(=O)O. The van der Waals surface area contributed by atoms with E-state index in [2.05, 4.69) is 49.5 Å². The average molecular weight is 1720 g/mol. The van der Waals surface area contributed by atoms with Gasteiger partial charge in [-0.25, -0.2) is 28.4 Å². The number of nitriles is 1. The summed E-state index contributed by atoms with van der Waals surface area (Å²) in [5, 5.41) is 67.5. The maximum Gasteiger partial charge on any atom is 0.328 e. The number of carbonyl (C=O) groups excluding carboxylic acids is 6. The molecule has 27 nitrogen and oxygen atoms in total. The number of aromatic hydroxyl groups is 1. The van der Waals surface area contributed by atoms with Crippen LogP contribution in [-0.2, 0) is 72.4 Å². The Morgan fingerprint density at radius 2 is 1.26 bits per heavy atom. The van der Waals surface area contributed by atoms with E-state index in [1.807, 2.05) is 41.4 Å². The molecule has 12 rings (SSSR count). The van der Waals surface area contributed by atoms with Crippen LogP contribution in [-0.4, -0.2) is 178 Å². The lowest BCUT2D eigenvalue weighted by atomic mass is 9.96. The van der Waals surface area contributed by atoms with Gasteiger partial charge in [0.25, 0.3) is 29.2 Å². The van der Waals surface area contributed by atoms with E-state index in [1.54, 1.807) is 113 Å². The lowest BCUT2D eigenvalue weighted by Gasteiger charge is -2.29. The summed E-state index contributed by atoms with van der Waals surface area (Å²) in [5.41, 5.74) is 5.22. The van der Waals surface area contributed by atoms with Crippen molar-refractivity contribution in [3.8, 4) is 11.9 Å². The molecule has 6 amide bonds. The van der Waals surface area contributed by atoms with Gasteiger partial charge >= 0.3 is 17.9 Å². The molecule has 3 aliphatic heterocycles. The first kappa shape index (κ1) is 88.1. The molecule has 0 bridgehead atoms. The van der Waals surface area contributed by atoms with E-state index in [9.17, 15) is 77.0 Å². The summed E-state index contributed by atoms with van der Waals surface area (Å²) < 4.78 is 27.5. The van der Waals surface area contributed by atoms with E-state index >= 15 is 0 Å². The van der Waals surface area contributed by atoms with E-state index in [0.29, 0.717) is 117 Å². The van der Waals surface area contributed by atoms with E-state index in [-0.39, 0.29) is 98.5 Å². The molecule has 3 aliphatic rings. The number of para-hydroxylation sites is 1. The number of thiophene rings is 1. The van der Waals surface area contributed by atoms with Gasteiger partial charge in [-0.3, -0.25) is 43.1 Å². The molecule has 34 heteroatoms. The Balaban J connectivity index is 0.000000187. The Labute approximate surface area is 701 Å². The molecule has 1 fully saturated rings. The first-order valence-corrected chi connectivity index (χ1v) is 41.1. The van der Waals surface area contributed by atoms with Crippen LogP contribution in [0.2, 0.25) is 20.1 Å². The van der Waals surface area contributed by atoms with Crippen LogP contribution >= 0.6 is 57.7 Å². The number of amides is 6. The summed E-state index contributed by atoms with van der Waals surface area (Å²) in [6.45, 7) is 5.82. The van der Waals surface area contributed by atoms with E-state index in [4.69, 9.17) is 51.7 Å². The number of aryl methyl sites for hydroxylation is 1. The Hall–Kier alpha value is -12.2. The van der Waals surface area contributed by atoms with Gasteiger partial charge in [-0.15, -0.1) is 11.3 Å². The van der Waals surface area contributed by atoms with Crippen LogP contribution in [0.15, 0.2) is 178 Å². The standard InChI is InChI=1S/C30H27Cl2FN2O5S.C29H30Cl2N6O5.C25H22N4O5S/c1-41(2,40)21-8-5-6-18(14-21)15-25(30(38)39)34-29(37)27-23(31)16-20-17-35(13-12-22(20)28(27)32)26(36)11-10-19-7-3-4-9-24(19)33;1-17-8-10-37(14-17)29(34-16-32)33-13-22(28(41)42)35-27(40)25-21(30)12-19-15-36(11-9-20(19)26(25)31)24(39)7-6-18-4-2-3-5-23(18)38;1-15-10-19-17(12-27-29(24(19)32)14-16-6-3-2-4-7-16)11-18(15)22(30)28-20(25(33)34)13-26-23(31)21-8-5-9-35-21/h3-11,14,16,25H,1,12-13,15,17H2,2H3,(H,34,37)(H,38,39);2-7,12,17,22,38H,8-11,13-15H2,1H3,(H,33,34)(H,35,40)(H,41,42);2-12,20H,13-14H2,1H3,(H,26,31)(H,28,30)(H,33,34)/b11-10+;7-6+;/t25-,41?;17-,22-;20-/m000/s1. The number of carboxylic acid groups (broad SMARTS) is 3. The van der Waals surface area contributed by atoms with Gasteiger partial charge in [0.05, 0.1) is 60.8 Å². The van der Waals surface area contributed by atoms with Crippen molar-refractivity contribution in [2.75, 3.05) is 45.5 Å². The number of rotatable bonds is 23. The molecule has 1 unspecified atom stereocenters. The fraction of sp³-hybridized carbons (Fsp3) is 0.238. The number of halogens is 5. The third kappa shape index (κ3) is 22.7. The van der Waals surface area contributed by atoms with Gasteiger partial charge in [-0.2, -0.15) is 10.4 Å². The Kier molecular flexibility index (Phi) is 29.9. The number of likely N-dealkylation sites (tertiary alicyclic amines) is 1. The van der Waals surface area contributed by atoms with Crippen LogP contribution < -0.4 is 32.1 Å². The van der Waals surface area contributed by atoms with E-state index < -0.39 is 75.0 Å². The number of aromatic nitrogens is 2. The molecule has 0 spiro atoms. The molecule has 2 aromatic heterocycles. The summed E-state index contributed by atoms with van der Waals surface area (Å²) in [5.74, 6) is -3.09. The Bertz CT molecular complexity index is 5710. The maximum atomic E-state index is 13.9. The predicted octanol–water partition coefficient (Wildman–Crippen LogP) is 10.5. The number of fused-ring (bicyclic) bond motifs is 3. The van der Waals surface area contributed by atoms with Crippen molar-refractivity contribution in [1.82, 2.24) is 51.1 Å². The molecular weight excluding hydrogens is 1640 g/mol. The van der Waals surface area contributed by atoms with E-state index in [1.165, 1.54) is 71.0 Å². The molecule has 0 radical (unpaired) electrons. The first-order valence-electron chi connectivity index (χ1n) is 36.6. The number of carboxylic acids is 3. The summed E-state index contributed by atoms with van der Waals surface area (Å²) in [7, 11) is -2.51. The molecule has 612 valence electrons. The Morgan fingerprint density at radius 3 is 1.82 bits per heavy atom. The zero-order chi connectivity index (χ0) is 85.2. The maximum absolute atomic E-state index is 13.9. The number of nitrogens with zero attached hydrogens (tertiary/aromatic N) is 7. The lowest BCUT2D eigenvalue weighted by molar-refractivity contribution is -0.140. The largest absolute Gasteiger partial charge is 0.507 e. The van der Waals surface area contributed by atoms with Crippen molar-refractivity contribution in [1.29, 1.82) is 5.26 Å². The van der Waals surface area contributed by atoms with Gasteiger partial charge in [0.1, 0.15) is 29.7 Å². The number of hydrogen-bond acceptors (Lipinski definition) is 16. The summed E-state index contributed by atoms with van der Waals surface area (Å²) >= 11 is 27.4. The van der Waals surface area contributed by atoms with Gasteiger partial charge in [-0.1, -0.05) is 138 Å². The van der Waals surface area contributed by atoms with Crippen LogP contribution in [0, 0.1) is 30.1 Å². The molecule has 9 aromatic rings. The Morgan fingerprint density at radius 1 is 0.695 bits per heavy atom. The second-order valence-corrected chi connectivity index (χ2v) is 32.9. The van der Waals surface area contributed by atoms with Crippen molar-refractivity contribution >= 4 is 155 Å². The molecule has 1 saturated heterocycles. The van der Waals surface area contributed by atoms with Crippen molar-refractivity contribution in [3.63, 3.8) is 0 Å². The zero-order valence-corrected chi connectivity index (χ0v) is 68.2. The topological polar surface area (TPSA) is 393 Å². The molecule has 5 heterocycles. The predicted molar refractivity (Wildman–Crippen MR) is 449 cm³/mol. The smallest absolute Gasteiger partial charge is 0.328 e. The normalized spacial score (nSPS) is 15.0. The number of guanidine groups is 1. The number of carbonyl (C=O) groups is 9. The molecule has 5 atom stereocenters. The highest BCUT2D eigenvalue weighted by molar-refractivity contribution is 7.99. The minimum absolute atomic E-state index is 0.0105. The van der Waals surface area contributed by atoms with Crippen molar-refractivity contribution < 1.29 is 72.2 Å². The number of aliphatic imine (C=N–C) groups is 1. The number of aliphatic carboxylic acids is 3. The molecule has 118 heavy (non-hydrogen) atoms. The van der Waals surface area contributed by atoms with Crippen molar-refractivity contribution in [2.24, 2.45) is 10.9 Å². The second kappa shape index (κ2) is 40.1. The summed E-state index contributed by atoms with van der Waals surface area (Å²) in [6.07, 6.45) is 12.0. The minimum atomic E-state index is -2.51. The lowest BCUT2D eigenvalue weighted by Crippen LogP contribution is -2.48. The number of phenols is 1. The van der Waals surface area contributed by atoms with Gasteiger partial charge in [-0.05, 0) is 159 Å². The number of phenolic OH excluding ortho intramolecular Hbond substituents is 1. The second-order valence-electron chi connectivity index (χ2n) is 27.9. The first-order chi connectivity index (χ1) is 56.3. The number of nitrogens with one attached hydrogen (secondary N) is 5. The average Bonchev–Trinajstić information content (AvgIpc) is 0.817. The van der Waals surface area contributed by atoms with Gasteiger partial charge in [0, 0.05) is 97.6 Å². The summed E-state index contributed by atoms with van der Waals surface area (Å²) in [6, 6.07) is 34.3. The highest BCUT2D eigenvalue weighted by Gasteiger charge is 2.33.